The molecule has 2 aromatic carbocycles. The van der Waals surface area contributed by atoms with Crippen LogP contribution in [0.1, 0.15) is 47.7 Å². The summed E-state index contributed by atoms with van der Waals surface area (Å²) in [5, 5.41) is 12.9. The van der Waals surface area contributed by atoms with Crippen molar-refractivity contribution in [1.29, 1.82) is 0 Å². The van der Waals surface area contributed by atoms with Crippen molar-refractivity contribution in [3.63, 3.8) is 0 Å². The average molecular weight is 510 g/mol. The van der Waals surface area contributed by atoms with Crippen LogP contribution in [0.25, 0.3) is 0 Å². The zero-order valence-corrected chi connectivity index (χ0v) is 20.7. The van der Waals surface area contributed by atoms with Crippen LogP contribution in [0.3, 0.4) is 0 Å². The molecule has 2 aromatic rings. The highest BCUT2D eigenvalue weighted by molar-refractivity contribution is 6.32. The first-order valence-electron chi connectivity index (χ1n) is 11.1. The molecule has 0 saturated heterocycles. The minimum atomic E-state index is -0.735. The van der Waals surface area contributed by atoms with E-state index in [1.807, 2.05) is 0 Å². The second-order valence-corrected chi connectivity index (χ2v) is 9.20. The standard InChI is InChI=1S/C25H29Cl2NO6/c1-32-14-23(19-12-18(26)8-10-21(19)33-2)34-22-9-7-17(11-20(22)27)24(29)28-13-15-3-5-16(6-4-15)25(30)31/h7-12,15-16,23H,3-6,13-14H2,1-2H3,(H,28,29)(H,30,31)/t15?,16?,23-/m0/s1. The normalized spacial score (nSPS) is 18.7. The van der Waals surface area contributed by atoms with Gasteiger partial charge in [-0.25, -0.2) is 0 Å². The van der Waals surface area contributed by atoms with Gasteiger partial charge in [-0.05, 0) is 68.0 Å². The van der Waals surface area contributed by atoms with Crippen LogP contribution in [0, 0.1) is 11.8 Å². The molecule has 1 aliphatic rings. The summed E-state index contributed by atoms with van der Waals surface area (Å²) in [4.78, 5) is 23.7. The lowest BCUT2D eigenvalue weighted by Gasteiger charge is -2.26. The molecule has 1 atom stereocenters. The van der Waals surface area contributed by atoms with E-state index in [4.69, 9.17) is 42.5 Å². The first-order valence-corrected chi connectivity index (χ1v) is 11.9. The third-order valence-electron chi connectivity index (χ3n) is 6.07. The summed E-state index contributed by atoms with van der Waals surface area (Å²) in [5.74, 6) is 0.0391. The molecular weight excluding hydrogens is 481 g/mol. The lowest BCUT2D eigenvalue weighted by atomic mass is 9.82. The Morgan fingerprint density at radius 1 is 1.06 bits per heavy atom. The van der Waals surface area contributed by atoms with Crippen molar-refractivity contribution in [3.05, 3.63) is 57.6 Å². The number of benzene rings is 2. The Labute approximate surface area is 209 Å². The largest absolute Gasteiger partial charge is 0.496 e. The number of rotatable bonds is 10. The Morgan fingerprint density at radius 3 is 2.38 bits per heavy atom. The maximum atomic E-state index is 12.6. The quantitative estimate of drug-likeness (QED) is 0.445. The number of carboxylic acids is 1. The minimum absolute atomic E-state index is 0.236. The van der Waals surface area contributed by atoms with Crippen molar-refractivity contribution >= 4 is 35.1 Å². The number of ether oxygens (including phenoxy) is 3. The van der Waals surface area contributed by atoms with Crippen LogP contribution in [-0.4, -0.2) is 44.4 Å². The molecule has 0 spiro atoms. The van der Waals surface area contributed by atoms with Crippen LogP contribution in [0.5, 0.6) is 11.5 Å². The third-order valence-corrected chi connectivity index (χ3v) is 6.60. The van der Waals surface area contributed by atoms with E-state index in [-0.39, 0.29) is 29.4 Å². The van der Waals surface area contributed by atoms with Gasteiger partial charge in [-0.15, -0.1) is 0 Å². The number of nitrogens with one attached hydrogen (secondary N) is 1. The lowest BCUT2D eigenvalue weighted by molar-refractivity contribution is -0.143. The third kappa shape index (κ3) is 6.78. The number of carbonyl (C=O) groups is 2. The molecule has 7 nitrogen and oxygen atoms in total. The van der Waals surface area contributed by atoms with E-state index < -0.39 is 12.1 Å². The number of amides is 1. The topological polar surface area (TPSA) is 94.1 Å². The van der Waals surface area contributed by atoms with Crippen LogP contribution in [0.15, 0.2) is 36.4 Å². The molecule has 1 fully saturated rings. The Bertz CT molecular complexity index is 1010. The number of carboxylic acid groups (broad SMARTS) is 1. The smallest absolute Gasteiger partial charge is 0.306 e. The second-order valence-electron chi connectivity index (χ2n) is 8.36. The van der Waals surface area contributed by atoms with Crippen molar-refractivity contribution in [2.75, 3.05) is 27.4 Å². The minimum Gasteiger partial charge on any atom is -0.496 e. The Morgan fingerprint density at radius 2 is 1.76 bits per heavy atom. The lowest BCUT2D eigenvalue weighted by Crippen LogP contribution is -2.32. The Hall–Kier alpha value is -2.48. The van der Waals surface area contributed by atoms with Gasteiger partial charge in [-0.2, -0.15) is 0 Å². The predicted octanol–water partition coefficient (Wildman–Crippen LogP) is 5.39. The summed E-state index contributed by atoms with van der Waals surface area (Å²) in [6.07, 6.45) is 2.34. The van der Waals surface area contributed by atoms with Crippen molar-refractivity contribution < 1.29 is 28.9 Å². The highest BCUT2D eigenvalue weighted by atomic mass is 35.5. The Kier molecular flexibility index (Phi) is 9.45. The first-order chi connectivity index (χ1) is 16.3. The van der Waals surface area contributed by atoms with Crippen molar-refractivity contribution in [3.8, 4) is 11.5 Å². The van der Waals surface area contributed by atoms with Crippen LogP contribution >= 0.6 is 23.2 Å². The molecule has 0 radical (unpaired) electrons. The van der Waals surface area contributed by atoms with Gasteiger partial charge in [0.25, 0.3) is 5.91 Å². The van der Waals surface area contributed by atoms with Gasteiger partial charge >= 0.3 is 5.97 Å². The number of methoxy groups -OCH3 is 2. The first kappa shape index (κ1) is 26.1. The van der Waals surface area contributed by atoms with Gasteiger partial charge < -0.3 is 24.6 Å². The number of carbonyl (C=O) groups excluding carboxylic acids is 1. The van der Waals surface area contributed by atoms with E-state index in [0.29, 0.717) is 47.0 Å². The molecule has 1 aliphatic carbocycles. The molecule has 34 heavy (non-hydrogen) atoms. The van der Waals surface area contributed by atoms with Crippen LogP contribution in [-0.2, 0) is 9.53 Å². The fourth-order valence-corrected chi connectivity index (χ4v) is 4.54. The molecule has 9 heteroatoms. The highest BCUT2D eigenvalue weighted by Gasteiger charge is 2.26. The SMILES string of the molecule is COC[C@H](Oc1ccc(C(=O)NCC2CCC(C(=O)O)CC2)cc1Cl)c1cc(Cl)ccc1OC. The van der Waals surface area contributed by atoms with E-state index in [0.717, 1.165) is 12.8 Å². The summed E-state index contributed by atoms with van der Waals surface area (Å²) in [6.45, 7) is 0.741. The molecule has 2 N–H and O–H groups in total. The van der Waals surface area contributed by atoms with E-state index in [1.165, 1.54) is 0 Å². The number of aliphatic carboxylic acids is 1. The summed E-state index contributed by atoms with van der Waals surface area (Å²) in [7, 11) is 3.13. The Balaban J connectivity index is 1.64. The second kappa shape index (κ2) is 12.3. The van der Waals surface area contributed by atoms with Gasteiger partial charge in [0.15, 0.2) is 6.10 Å². The summed E-state index contributed by atoms with van der Waals surface area (Å²) >= 11 is 12.6. The van der Waals surface area contributed by atoms with E-state index in [1.54, 1.807) is 50.6 Å². The zero-order chi connectivity index (χ0) is 24.7. The fourth-order valence-electron chi connectivity index (χ4n) is 4.14. The van der Waals surface area contributed by atoms with Crippen LogP contribution in [0.2, 0.25) is 10.0 Å². The molecule has 184 valence electrons. The molecule has 0 heterocycles. The van der Waals surface area contributed by atoms with Gasteiger partial charge in [0.1, 0.15) is 11.5 Å². The number of hydrogen-bond acceptors (Lipinski definition) is 5. The highest BCUT2D eigenvalue weighted by Crippen LogP contribution is 2.35. The van der Waals surface area contributed by atoms with Gasteiger partial charge in [-0.3, -0.25) is 9.59 Å². The van der Waals surface area contributed by atoms with E-state index >= 15 is 0 Å². The van der Waals surface area contributed by atoms with Crippen molar-refractivity contribution in [2.45, 2.75) is 31.8 Å². The molecular formula is C25H29Cl2NO6. The molecule has 0 unspecified atom stereocenters. The molecule has 0 bridgehead atoms. The zero-order valence-electron chi connectivity index (χ0n) is 19.2. The summed E-state index contributed by atoms with van der Waals surface area (Å²) < 4.78 is 16.9. The molecule has 1 saturated carbocycles. The van der Waals surface area contributed by atoms with Crippen LogP contribution in [0.4, 0.5) is 0 Å². The van der Waals surface area contributed by atoms with Gasteiger partial charge in [0.05, 0.1) is 24.7 Å². The maximum Gasteiger partial charge on any atom is 0.306 e. The van der Waals surface area contributed by atoms with E-state index in [9.17, 15) is 9.59 Å². The van der Waals surface area contributed by atoms with E-state index in [2.05, 4.69) is 5.32 Å². The average Bonchev–Trinajstić information content (AvgIpc) is 2.83. The predicted molar refractivity (Wildman–Crippen MR) is 130 cm³/mol. The molecule has 1 amide bonds. The number of halogens is 2. The number of hydrogen-bond donors (Lipinski definition) is 2. The summed E-state index contributed by atoms with van der Waals surface area (Å²) in [5.41, 5.74) is 1.13. The van der Waals surface area contributed by atoms with Crippen molar-refractivity contribution in [1.82, 2.24) is 5.32 Å². The van der Waals surface area contributed by atoms with Gasteiger partial charge in [-0.1, -0.05) is 23.2 Å². The monoisotopic (exact) mass is 509 g/mol. The summed E-state index contributed by atoms with van der Waals surface area (Å²) in [6, 6.07) is 10.1. The molecule has 3 rings (SSSR count). The van der Waals surface area contributed by atoms with Gasteiger partial charge in [0, 0.05) is 29.8 Å². The molecule has 0 aromatic heterocycles. The van der Waals surface area contributed by atoms with Crippen LogP contribution < -0.4 is 14.8 Å². The fraction of sp³-hybridized carbons (Fsp3) is 0.440. The van der Waals surface area contributed by atoms with Crippen molar-refractivity contribution in [2.24, 2.45) is 11.8 Å². The van der Waals surface area contributed by atoms with Gasteiger partial charge in [0.2, 0.25) is 0 Å². The maximum absolute atomic E-state index is 12.6. The molecule has 0 aliphatic heterocycles.